The first-order chi connectivity index (χ1) is 11.7. The highest BCUT2D eigenvalue weighted by Crippen LogP contribution is 2.27. The lowest BCUT2D eigenvalue weighted by Crippen LogP contribution is -2.39. The standard InChI is InChI=1S/C18H24ClN3O2/c19-17-3-1-14(2-4-17)12-24-13-18(23)11-22-7-5-15(6-8-22)16-9-20-21-10-16/h1-4,9-10,15,18,23H,5-8,11-13H2,(H,20,21). The number of nitrogens with one attached hydrogen (secondary N) is 1. The minimum Gasteiger partial charge on any atom is -0.389 e. The maximum absolute atomic E-state index is 10.2. The monoisotopic (exact) mass is 349 g/mol. The number of H-pyrrole nitrogens is 1. The van der Waals surface area contributed by atoms with Crippen molar-refractivity contribution in [1.29, 1.82) is 0 Å². The number of aromatic nitrogens is 2. The maximum Gasteiger partial charge on any atom is 0.0900 e. The van der Waals surface area contributed by atoms with Crippen LogP contribution in [0.4, 0.5) is 0 Å². The van der Waals surface area contributed by atoms with Crippen molar-refractivity contribution in [2.75, 3.05) is 26.2 Å². The Bertz CT molecular complexity index is 595. The minimum absolute atomic E-state index is 0.351. The number of aliphatic hydroxyl groups is 1. The molecule has 24 heavy (non-hydrogen) atoms. The topological polar surface area (TPSA) is 61.4 Å². The van der Waals surface area contributed by atoms with Crippen molar-refractivity contribution in [2.45, 2.75) is 31.5 Å². The van der Waals surface area contributed by atoms with Gasteiger partial charge in [-0.1, -0.05) is 23.7 Å². The van der Waals surface area contributed by atoms with Gasteiger partial charge >= 0.3 is 0 Å². The number of nitrogens with zero attached hydrogens (tertiary/aromatic N) is 2. The molecule has 1 aliphatic heterocycles. The van der Waals surface area contributed by atoms with Gasteiger partial charge < -0.3 is 14.7 Å². The number of β-amino-alcohol motifs (C(OH)–C–C–N with tert-alkyl or cyclic N) is 1. The van der Waals surface area contributed by atoms with Crippen LogP contribution >= 0.6 is 11.6 Å². The van der Waals surface area contributed by atoms with Gasteiger partial charge in [0.25, 0.3) is 0 Å². The third-order valence-electron chi connectivity index (χ3n) is 4.54. The lowest BCUT2D eigenvalue weighted by atomic mass is 9.91. The van der Waals surface area contributed by atoms with Crippen molar-refractivity contribution in [3.8, 4) is 0 Å². The molecular formula is C18H24ClN3O2. The summed E-state index contributed by atoms with van der Waals surface area (Å²) in [6, 6.07) is 7.58. The maximum atomic E-state index is 10.2. The SMILES string of the molecule is OC(COCc1ccc(Cl)cc1)CN1CCC(c2cn[nH]c2)CC1. The summed E-state index contributed by atoms with van der Waals surface area (Å²) < 4.78 is 5.61. The Hall–Kier alpha value is -1.40. The molecule has 1 saturated heterocycles. The predicted octanol–water partition coefficient (Wildman–Crippen LogP) is 2.82. The van der Waals surface area contributed by atoms with Crippen molar-refractivity contribution in [2.24, 2.45) is 0 Å². The highest BCUT2D eigenvalue weighted by molar-refractivity contribution is 6.30. The van der Waals surface area contributed by atoms with Crippen LogP contribution in [0.1, 0.15) is 29.9 Å². The fourth-order valence-electron chi connectivity index (χ4n) is 3.18. The molecule has 5 nitrogen and oxygen atoms in total. The van der Waals surface area contributed by atoms with Crippen LogP contribution in [0.2, 0.25) is 5.02 Å². The van der Waals surface area contributed by atoms with Gasteiger partial charge in [0.1, 0.15) is 0 Å². The summed E-state index contributed by atoms with van der Waals surface area (Å²) in [5.74, 6) is 0.582. The lowest BCUT2D eigenvalue weighted by molar-refractivity contribution is 0.00622. The summed E-state index contributed by atoms with van der Waals surface area (Å²) >= 11 is 5.86. The zero-order valence-corrected chi connectivity index (χ0v) is 14.5. The molecule has 2 N–H and O–H groups in total. The highest BCUT2D eigenvalue weighted by atomic mass is 35.5. The molecule has 1 unspecified atom stereocenters. The molecule has 0 amide bonds. The van der Waals surface area contributed by atoms with Gasteiger partial charge in [-0.25, -0.2) is 0 Å². The summed E-state index contributed by atoms with van der Waals surface area (Å²) in [7, 11) is 0. The van der Waals surface area contributed by atoms with Crippen LogP contribution in [-0.2, 0) is 11.3 Å². The van der Waals surface area contributed by atoms with Crippen LogP contribution < -0.4 is 0 Å². The second-order valence-corrected chi connectivity index (χ2v) is 6.84. The number of hydrogen-bond acceptors (Lipinski definition) is 4. The predicted molar refractivity (Wildman–Crippen MR) is 94.1 cm³/mol. The first-order valence-corrected chi connectivity index (χ1v) is 8.80. The van der Waals surface area contributed by atoms with E-state index in [-0.39, 0.29) is 0 Å². The van der Waals surface area contributed by atoms with E-state index >= 15 is 0 Å². The molecule has 1 atom stereocenters. The largest absolute Gasteiger partial charge is 0.389 e. The molecule has 3 rings (SSSR count). The fourth-order valence-corrected chi connectivity index (χ4v) is 3.30. The Morgan fingerprint density at radius 1 is 1.29 bits per heavy atom. The quantitative estimate of drug-likeness (QED) is 0.807. The van der Waals surface area contributed by atoms with Crippen molar-refractivity contribution in [3.63, 3.8) is 0 Å². The molecule has 0 saturated carbocycles. The van der Waals surface area contributed by atoms with E-state index in [2.05, 4.69) is 15.1 Å². The number of halogens is 1. The summed E-state index contributed by atoms with van der Waals surface area (Å²) in [5, 5.41) is 17.8. The first-order valence-electron chi connectivity index (χ1n) is 8.42. The van der Waals surface area contributed by atoms with Gasteiger partial charge in [-0.15, -0.1) is 0 Å². The van der Waals surface area contributed by atoms with Gasteiger partial charge in [0.15, 0.2) is 0 Å². The molecule has 1 aromatic carbocycles. The number of rotatable bonds is 7. The van der Waals surface area contributed by atoms with E-state index in [1.165, 1.54) is 5.56 Å². The van der Waals surface area contributed by atoms with Crippen LogP contribution in [0.25, 0.3) is 0 Å². The van der Waals surface area contributed by atoms with Gasteiger partial charge in [0.05, 0.1) is 25.5 Å². The lowest BCUT2D eigenvalue weighted by Gasteiger charge is -2.32. The van der Waals surface area contributed by atoms with E-state index in [1.54, 1.807) is 0 Å². The first kappa shape index (κ1) is 17.4. The molecular weight excluding hydrogens is 326 g/mol. The van der Waals surface area contributed by atoms with E-state index in [1.807, 2.05) is 36.7 Å². The number of likely N-dealkylation sites (tertiary alicyclic amines) is 1. The number of aromatic amines is 1. The Kier molecular flexibility index (Phi) is 6.26. The molecule has 1 aliphatic rings. The molecule has 130 valence electrons. The summed E-state index contributed by atoms with van der Waals surface area (Å²) in [5.41, 5.74) is 2.36. The van der Waals surface area contributed by atoms with E-state index in [4.69, 9.17) is 16.3 Å². The van der Waals surface area contributed by atoms with Gasteiger partial charge in [-0.2, -0.15) is 5.10 Å². The zero-order valence-electron chi connectivity index (χ0n) is 13.7. The van der Waals surface area contributed by atoms with Crippen LogP contribution in [0.3, 0.4) is 0 Å². The van der Waals surface area contributed by atoms with Crippen molar-refractivity contribution in [3.05, 3.63) is 52.8 Å². The Morgan fingerprint density at radius 2 is 2.04 bits per heavy atom. The normalized spacial score (nSPS) is 17.9. The molecule has 1 aromatic heterocycles. The molecule has 2 aromatic rings. The number of ether oxygens (including phenoxy) is 1. The van der Waals surface area contributed by atoms with Gasteiger partial charge in [0, 0.05) is 17.8 Å². The number of aliphatic hydroxyl groups excluding tert-OH is 1. The number of hydrogen-bond donors (Lipinski definition) is 2. The van der Waals surface area contributed by atoms with E-state index in [0.717, 1.165) is 36.5 Å². The van der Waals surface area contributed by atoms with Gasteiger partial charge in [-0.3, -0.25) is 5.10 Å². The van der Waals surface area contributed by atoms with Crippen molar-refractivity contribution < 1.29 is 9.84 Å². The average molecular weight is 350 g/mol. The highest BCUT2D eigenvalue weighted by Gasteiger charge is 2.22. The van der Waals surface area contributed by atoms with Crippen LogP contribution in [0, 0.1) is 0 Å². The summed E-state index contributed by atoms with van der Waals surface area (Å²) in [4.78, 5) is 2.31. The summed E-state index contributed by atoms with van der Waals surface area (Å²) in [6.07, 6.45) is 5.66. The summed E-state index contributed by atoms with van der Waals surface area (Å²) in [6.45, 7) is 3.52. The third-order valence-corrected chi connectivity index (χ3v) is 4.79. The van der Waals surface area contributed by atoms with Crippen LogP contribution in [-0.4, -0.2) is 52.5 Å². The molecule has 6 heteroatoms. The molecule has 0 aliphatic carbocycles. The molecule has 0 spiro atoms. The van der Waals surface area contributed by atoms with Crippen LogP contribution in [0.15, 0.2) is 36.7 Å². The zero-order chi connectivity index (χ0) is 16.8. The van der Waals surface area contributed by atoms with Gasteiger partial charge in [0.2, 0.25) is 0 Å². The van der Waals surface area contributed by atoms with E-state index in [0.29, 0.717) is 25.7 Å². The molecule has 1 fully saturated rings. The minimum atomic E-state index is -0.456. The van der Waals surface area contributed by atoms with Gasteiger partial charge in [-0.05, 0) is 55.1 Å². The smallest absolute Gasteiger partial charge is 0.0900 e. The van der Waals surface area contributed by atoms with Crippen molar-refractivity contribution >= 4 is 11.6 Å². The molecule has 0 radical (unpaired) electrons. The molecule has 0 bridgehead atoms. The van der Waals surface area contributed by atoms with E-state index in [9.17, 15) is 5.11 Å². The Labute approximate surface area is 147 Å². The second-order valence-electron chi connectivity index (χ2n) is 6.40. The Morgan fingerprint density at radius 3 is 2.71 bits per heavy atom. The van der Waals surface area contributed by atoms with Crippen LogP contribution in [0.5, 0.6) is 0 Å². The number of benzene rings is 1. The Balaban J connectivity index is 1.34. The third kappa shape index (κ3) is 5.05. The fraction of sp³-hybridized carbons (Fsp3) is 0.500. The van der Waals surface area contributed by atoms with Crippen molar-refractivity contribution in [1.82, 2.24) is 15.1 Å². The second kappa shape index (κ2) is 8.62. The number of piperidine rings is 1. The average Bonchev–Trinajstić information content (AvgIpc) is 3.12. The van der Waals surface area contributed by atoms with E-state index < -0.39 is 6.10 Å². The molecule has 2 heterocycles.